The number of ether oxygens (including phenoxy) is 1. The summed E-state index contributed by atoms with van der Waals surface area (Å²) >= 11 is 0. The van der Waals surface area contributed by atoms with Crippen LogP contribution in [0.3, 0.4) is 0 Å². The highest BCUT2D eigenvalue weighted by Crippen LogP contribution is 2.55. The number of hydrogen-bond donors (Lipinski definition) is 2. The molecule has 8 atom stereocenters. The summed E-state index contributed by atoms with van der Waals surface area (Å²) in [6, 6.07) is 4.96. The van der Waals surface area contributed by atoms with Crippen LogP contribution in [0.2, 0.25) is 0 Å². The van der Waals surface area contributed by atoms with Crippen LogP contribution in [-0.4, -0.2) is 46.1 Å². The molecule has 3 aliphatic rings. The summed E-state index contributed by atoms with van der Waals surface area (Å²) in [5, 5.41) is 32.5. The van der Waals surface area contributed by atoms with E-state index in [1.807, 2.05) is 6.07 Å². The summed E-state index contributed by atoms with van der Waals surface area (Å²) < 4.78 is 6.33. The molecule has 6 nitrogen and oxygen atoms in total. The van der Waals surface area contributed by atoms with Crippen LogP contribution in [0.15, 0.2) is 47.6 Å². The molecule has 33 heavy (non-hydrogen) atoms. The van der Waals surface area contributed by atoms with Crippen molar-refractivity contribution in [1.82, 2.24) is 0 Å². The lowest BCUT2D eigenvalue weighted by Gasteiger charge is -2.48. The molecular formula is C27H35NO5. The van der Waals surface area contributed by atoms with Crippen LogP contribution in [0.4, 0.5) is 0 Å². The van der Waals surface area contributed by atoms with E-state index < -0.39 is 41.8 Å². The highest BCUT2D eigenvalue weighted by molar-refractivity contribution is 5.89. The average molecular weight is 454 g/mol. The molecule has 2 aliphatic carbocycles. The van der Waals surface area contributed by atoms with Gasteiger partial charge < -0.3 is 14.9 Å². The molecule has 0 spiro atoms. The molecule has 2 N–H and O–H groups in total. The normalized spacial score (nSPS) is 36.2. The summed E-state index contributed by atoms with van der Waals surface area (Å²) in [5.41, 5.74) is 7.80. The summed E-state index contributed by atoms with van der Waals surface area (Å²) in [6.45, 7) is 14.4. The number of nitro groups is 1. The molecule has 0 aromatic heterocycles. The van der Waals surface area contributed by atoms with Crippen molar-refractivity contribution in [1.29, 1.82) is 0 Å². The fourth-order valence-electron chi connectivity index (χ4n) is 6.55. The molecule has 1 saturated heterocycles. The van der Waals surface area contributed by atoms with Crippen LogP contribution < -0.4 is 0 Å². The second kappa shape index (κ2) is 8.82. The highest BCUT2D eigenvalue weighted by Gasteiger charge is 2.54. The zero-order valence-corrected chi connectivity index (χ0v) is 20.1. The van der Waals surface area contributed by atoms with Gasteiger partial charge in [-0.1, -0.05) is 51.6 Å². The molecule has 4 rings (SSSR count). The van der Waals surface area contributed by atoms with Crippen molar-refractivity contribution >= 4 is 5.57 Å². The standard InChI is InChI=1S/C27H35NO5/c1-7-18-11-14(3)22-16(5)21-13(2)9-8-10-19(21)24(23(22)15(18)4)27-17(6)25(28(31)32)26(30)20(12-29)33-27/h8-11,15,17-18,20,24-27,29-30H,5,7,12H2,1-4,6H3/t15?,17?,18?,20?,24?,25-,26?,27?/m1/s1. The number of rotatable bonds is 4. The molecule has 1 aromatic carbocycles. The molecule has 0 saturated carbocycles. The smallest absolute Gasteiger partial charge is 0.246 e. The Morgan fingerprint density at radius 1 is 1.24 bits per heavy atom. The van der Waals surface area contributed by atoms with E-state index in [1.165, 1.54) is 11.1 Å². The van der Waals surface area contributed by atoms with Crippen molar-refractivity contribution in [2.45, 2.75) is 71.3 Å². The van der Waals surface area contributed by atoms with Gasteiger partial charge in [0.1, 0.15) is 12.2 Å². The van der Waals surface area contributed by atoms with Gasteiger partial charge in [-0.2, -0.15) is 0 Å². The van der Waals surface area contributed by atoms with Gasteiger partial charge in [0.05, 0.1) is 18.6 Å². The van der Waals surface area contributed by atoms with E-state index in [0.717, 1.165) is 34.3 Å². The summed E-state index contributed by atoms with van der Waals surface area (Å²) in [6.07, 6.45) is 0.424. The van der Waals surface area contributed by atoms with Crippen LogP contribution >= 0.6 is 0 Å². The van der Waals surface area contributed by atoms with Crippen molar-refractivity contribution < 1.29 is 19.9 Å². The topological polar surface area (TPSA) is 92.8 Å². The molecule has 1 heterocycles. The maximum Gasteiger partial charge on any atom is 0.246 e. The molecular weight excluding hydrogens is 418 g/mol. The Kier molecular flexibility index (Phi) is 6.38. The number of aliphatic hydroxyl groups excluding tert-OH is 2. The van der Waals surface area contributed by atoms with Crippen molar-refractivity contribution in [3.8, 4) is 0 Å². The Balaban J connectivity index is 1.96. The number of allylic oxidation sites excluding steroid dienone is 4. The second-order valence-electron chi connectivity index (χ2n) is 9.98. The fourth-order valence-corrected chi connectivity index (χ4v) is 6.55. The Morgan fingerprint density at radius 2 is 1.94 bits per heavy atom. The molecule has 178 valence electrons. The van der Waals surface area contributed by atoms with Crippen LogP contribution in [0.1, 0.15) is 56.7 Å². The van der Waals surface area contributed by atoms with Crippen LogP contribution in [0.25, 0.3) is 5.57 Å². The minimum absolute atomic E-state index is 0.216. The van der Waals surface area contributed by atoms with E-state index in [9.17, 15) is 20.3 Å². The lowest BCUT2D eigenvalue weighted by molar-refractivity contribution is -0.556. The second-order valence-corrected chi connectivity index (χ2v) is 9.98. The lowest BCUT2D eigenvalue weighted by Crippen LogP contribution is -2.59. The van der Waals surface area contributed by atoms with E-state index in [1.54, 1.807) is 6.92 Å². The summed E-state index contributed by atoms with van der Waals surface area (Å²) in [5.74, 6) is -0.190. The number of hydrogen-bond acceptors (Lipinski definition) is 5. The van der Waals surface area contributed by atoms with Gasteiger partial charge in [-0.25, -0.2) is 0 Å². The Hall–Kier alpha value is -2.28. The monoisotopic (exact) mass is 453 g/mol. The number of aliphatic hydroxyl groups is 2. The average Bonchev–Trinajstić information content (AvgIpc) is 2.76. The van der Waals surface area contributed by atoms with Gasteiger partial charge in [0.25, 0.3) is 0 Å². The predicted octanol–water partition coefficient (Wildman–Crippen LogP) is 4.43. The molecule has 1 aromatic rings. The van der Waals surface area contributed by atoms with Gasteiger partial charge in [-0.05, 0) is 71.1 Å². The number of aryl methyl sites for hydroxylation is 1. The van der Waals surface area contributed by atoms with Crippen LogP contribution in [-0.2, 0) is 4.74 Å². The molecule has 6 heteroatoms. The van der Waals surface area contributed by atoms with Gasteiger partial charge in [0, 0.05) is 10.8 Å². The van der Waals surface area contributed by atoms with E-state index in [-0.39, 0.29) is 11.8 Å². The van der Waals surface area contributed by atoms with E-state index in [0.29, 0.717) is 5.92 Å². The summed E-state index contributed by atoms with van der Waals surface area (Å²) in [7, 11) is 0. The van der Waals surface area contributed by atoms with Gasteiger partial charge in [-0.3, -0.25) is 10.1 Å². The van der Waals surface area contributed by atoms with E-state index >= 15 is 0 Å². The largest absolute Gasteiger partial charge is 0.394 e. The molecule has 0 bridgehead atoms. The highest BCUT2D eigenvalue weighted by atomic mass is 16.6. The molecule has 0 amide bonds. The molecule has 7 unspecified atom stereocenters. The first-order valence-electron chi connectivity index (χ1n) is 11.9. The van der Waals surface area contributed by atoms with Gasteiger partial charge in [-0.15, -0.1) is 0 Å². The lowest BCUT2D eigenvalue weighted by atomic mass is 9.60. The first-order valence-corrected chi connectivity index (χ1v) is 11.9. The predicted molar refractivity (Wildman–Crippen MR) is 128 cm³/mol. The third-order valence-corrected chi connectivity index (χ3v) is 8.20. The number of nitrogens with zero attached hydrogens (tertiary/aromatic N) is 1. The number of benzene rings is 1. The fraction of sp³-hybridized carbons (Fsp3) is 0.556. The van der Waals surface area contributed by atoms with E-state index in [2.05, 4.69) is 52.5 Å². The third kappa shape index (κ3) is 3.59. The van der Waals surface area contributed by atoms with Crippen molar-refractivity contribution in [3.05, 3.63) is 74.4 Å². The van der Waals surface area contributed by atoms with Crippen LogP contribution in [0.5, 0.6) is 0 Å². The zero-order valence-electron chi connectivity index (χ0n) is 20.1. The minimum Gasteiger partial charge on any atom is -0.394 e. The van der Waals surface area contributed by atoms with Crippen molar-refractivity contribution in [2.24, 2.45) is 17.8 Å². The van der Waals surface area contributed by atoms with Crippen molar-refractivity contribution in [3.63, 3.8) is 0 Å². The summed E-state index contributed by atoms with van der Waals surface area (Å²) in [4.78, 5) is 11.6. The maximum atomic E-state index is 12.0. The Bertz CT molecular complexity index is 1040. The molecule has 0 radical (unpaired) electrons. The quantitative estimate of drug-likeness (QED) is 0.520. The van der Waals surface area contributed by atoms with Crippen molar-refractivity contribution in [2.75, 3.05) is 6.61 Å². The SMILES string of the molecule is C=C1C2=C(C(C)C(CC)C=C2C)C(C2OC(CO)C(O)[C@H]([N+](=O)[O-])C2C)c2cccc(C)c21. The third-order valence-electron chi connectivity index (χ3n) is 8.20. The van der Waals surface area contributed by atoms with Crippen LogP contribution in [0, 0.1) is 34.8 Å². The van der Waals surface area contributed by atoms with Gasteiger partial charge in [0.2, 0.25) is 6.04 Å². The number of fused-ring (bicyclic) bond motifs is 1. The first kappa shape index (κ1) is 23.9. The Morgan fingerprint density at radius 3 is 2.55 bits per heavy atom. The molecule has 1 aliphatic heterocycles. The zero-order chi connectivity index (χ0) is 24.2. The van der Waals surface area contributed by atoms with Gasteiger partial charge in [0.15, 0.2) is 0 Å². The van der Waals surface area contributed by atoms with E-state index in [4.69, 9.17) is 4.74 Å². The minimum atomic E-state index is -1.35. The Labute approximate surface area is 195 Å². The van der Waals surface area contributed by atoms with Gasteiger partial charge >= 0.3 is 0 Å². The first-order chi connectivity index (χ1) is 15.6. The maximum absolute atomic E-state index is 12.0. The molecule has 1 fully saturated rings.